The van der Waals surface area contributed by atoms with E-state index < -0.39 is 0 Å². The van der Waals surface area contributed by atoms with Crippen molar-refractivity contribution in [2.24, 2.45) is 5.92 Å². The predicted octanol–water partition coefficient (Wildman–Crippen LogP) is 2.91. The zero-order valence-corrected chi connectivity index (χ0v) is 12.9. The van der Waals surface area contributed by atoms with Crippen LogP contribution in [-0.4, -0.2) is 36.7 Å². The monoisotopic (exact) mass is 294 g/mol. The van der Waals surface area contributed by atoms with E-state index in [1.54, 1.807) is 28.5 Å². The van der Waals surface area contributed by atoms with E-state index in [0.29, 0.717) is 32.0 Å². The summed E-state index contributed by atoms with van der Waals surface area (Å²) in [6.07, 6.45) is 0.897. The van der Waals surface area contributed by atoms with Crippen LogP contribution < -0.4 is 0 Å². The van der Waals surface area contributed by atoms with Crippen LogP contribution in [0.2, 0.25) is 0 Å². The third-order valence-electron chi connectivity index (χ3n) is 1.81. The van der Waals surface area contributed by atoms with Gasteiger partial charge in [0.2, 0.25) is 0 Å². The molecule has 0 radical (unpaired) electrons. The highest BCUT2D eigenvalue weighted by Crippen LogP contribution is 2.20. The molecule has 0 aliphatic heterocycles. The second-order valence-corrected chi connectivity index (χ2v) is 6.74. The second kappa shape index (κ2) is 11.7. The highest BCUT2D eigenvalue weighted by atomic mass is 33.1. The lowest BCUT2D eigenvalue weighted by Crippen LogP contribution is -2.09. The van der Waals surface area contributed by atoms with Gasteiger partial charge in [-0.05, 0) is 5.92 Å². The standard InChI is InChI=1S/C12H22O4S2/c1-4-11(13)15-5-7-17-18-8-6-16-12(14)9-10(2)3/h10H,4-9H2,1-3H3. The highest BCUT2D eigenvalue weighted by molar-refractivity contribution is 8.76. The molecule has 4 nitrogen and oxygen atoms in total. The Morgan fingerprint density at radius 1 is 1.00 bits per heavy atom. The smallest absolute Gasteiger partial charge is 0.306 e. The van der Waals surface area contributed by atoms with Crippen molar-refractivity contribution in [2.45, 2.75) is 33.6 Å². The minimum Gasteiger partial charge on any atom is -0.465 e. The second-order valence-electron chi connectivity index (χ2n) is 4.04. The van der Waals surface area contributed by atoms with Gasteiger partial charge >= 0.3 is 11.9 Å². The summed E-state index contributed by atoms with van der Waals surface area (Å²) in [7, 11) is 3.24. The Kier molecular flexibility index (Phi) is 11.5. The average Bonchev–Trinajstić information content (AvgIpc) is 2.31. The molecule has 0 rings (SSSR count). The van der Waals surface area contributed by atoms with Crippen LogP contribution in [0.15, 0.2) is 0 Å². The Morgan fingerprint density at radius 3 is 1.94 bits per heavy atom. The molecular weight excluding hydrogens is 272 g/mol. The van der Waals surface area contributed by atoms with Crippen LogP contribution in [0.1, 0.15) is 33.6 Å². The van der Waals surface area contributed by atoms with Crippen LogP contribution in [0.4, 0.5) is 0 Å². The van der Waals surface area contributed by atoms with Crippen LogP contribution in [0.25, 0.3) is 0 Å². The number of carbonyl (C=O) groups excluding carboxylic acids is 2. The number of esters is 2. The third-order valence-corrected chi connectivity index (χ3v) is 4.14. The Morgan fingerprint density at radius 2 is 1.50 bits per heavy atom. The van der Waals surface area contributed by atoms with E-state index in [-0.39, 0.29) is 11.9 Å². The molecular formula is C12H22O4S2. The Balaban J connectivity index is 3.21. The Labute approximate surface area is 117 Å². The van der Waals surface area contributed by atoms with E-state index in [2.05, 4.69) is 0 Å². The average molecular weight is 294 g/mol. The minimum atomic E-state index is -0.164. The molecule has 0 saturated heterocycles. The van der Waals surface area contributed by atoms with Gasteiger partial charge in [-0.25, -0.2) is 0 Å². The summed E-state index contributed by atoms with van der Waals surface area (Å²) in [6, 6.07) is 0. The number of rotatable bonds is 10. The first-order valence-electron chi connectivity index (χ1n) is 6.12. The van der Waals surface area contributed by atoms with Gasteiger partial charge in [0.15, 0.2) is 0 Å². The summed E-state index contributed by atoms with van der Waals surface area (Å²) in [6.45, 7) is 6.64. The summed E-state index contributed by atoms with van der Waals surface area (Å²) in [5, 5.41) is 0. The summed E-state index contributed by atoms with van der Waals surface area (Å²) in [4.78, 5) is 22.0. The van der Waals surface area contributed by atoms with Crippen LogP contribution in [0.3, 0.4) is 0 Å². The molecule has 0 bridgehead atoms. The molecule has 0 aromatic heterocycles. The van der Waals surface area contributed by atoms with Gasteiger partial charge in [-0.15, -0.1) is 0 Å². The molecule has 0 unspecified atom stereocenters. The maximum atomic E-state index is 11.2. The topological polar surface area (TPSA) is 52.6 Å². The van der Waals surface area contributed by atoms with Gasteiger partial charge in [0.05, 0.1) is 0 Å². The van der Waals surface area contributed by atoms with Crippen molar-refractivity contribution in [3.8, 4) is 0 Å². The lowest BCUT2D eigenvalue weighted by atomic mass is 10.1. The van der Waals surface area contributed by atoms with E-state index in [0.717, 1.165) is 11.5 Å². The van der Waals surface area contributed by atoms with Gasteiger partial charge in [-0.3, -0.25) is 9.59 Å². The molecule has 0 N–H and O–H groups in total. The largest absolute Gasteiger partial charge is 0.465 e. The van der Waals surface area contributed by atoms with Crippen LogP contribution in [-0.2, 0) is 19.1 Å². The molecule has 0 aromatic rings. The first-order valence-corrected chi connectivity index (χ1v) is 8.60. The van der Waals surface area contributed by atoms with Gasteiger partial charge < -0.3 is 9.47 Å². The Hall–Kier alpha value is -0.360. The van der Waals surface area contributed by atoms with Gasteiger partial charge in [0.25, 0.3) is 0 Å². The van der Waals surface area contributed by atoms with E-state index in [1.165, 1.54) is 0 Å². The molecule has 106 valence electrons. The van der Waals surface area contributed by atoms with E-state index in [4.69, 9.17) is 9.47 Å². The number of ether oxygens (including phenoxy) is 2. The quantitative estimate of drug-likeness (QED) is 0.351. The first-order chi connectivity index (χ1) is 8.56. The molecule has 6 heteroatoms. The zero-order chi connectivity index (χ0) is 13.8. The molecule has 0 aliphatic carbocycles. The van der Waals surface area contributed by atoms with Gasteiger partial charge in [-0.2, -0.15) is 0 Å². The van der Waals surface area contributed by atoms with Crippen molar-refractivity contribution in [3.05, 3.63) is 0 Å². The summed E-state index contributed by atoms with van der Waals surface area (Å²) in [5.41, 5.74) is 0. The fourth-order valence-electron chi connectivity index (χ4n) is 0.991. The lowest BCUT2D eigenvalue weighted by molar-refractivity contribution is -0.144. The third kappa shape index (κ3) is 12.1. The van der Waals surface area contributed by atoms with Crippen molar-refractivity contribution in [1.82, 2.24) is 0 Å². The van der Waals surface area contributed by atoms with Crippen LogP contribution in [0.5, 0.6) is 0 Å². The summed E-state index contributed by atoms with van der Waals surface area (Å²) >= 11 is 0. The molecule has 0 spiro atoms. The van der Waals surface area contributed by atoms with Crippen molar-refractivity contribution >= 4 is 33.5 Å². The van der Waals surface area contributed by atoms with Crippen molar-refractivity contribution in [3.63, 3.8) is 0 Å². The molecule has 0 aliphatic rings. The van der Waals surface area contributed by atoms with Crippen LogP contribution in [0, 0.1) is 5.92 Å². The summed E-state index contributed by atoms with van der Waals surface area (Å²) < 4.78 is 9.98. The fourth-order valence-corrected chi connectivity index (χ4v) is 2.65. The van der Waals surface area contributed by atoms with Crippen molar-refractivity contribution in [2.75, 3.05) is 24.7 Å². The maximum absolute atomic E-state index is 11.2. The lowest BCUT2D eigenvalue weighted by Gasteiger charge is -2.06. The number of carbonyl (C=O) groups is 2. The zero-order valence-electron chi connectivity index (χ0n) is 11.3. The molecule has 0 atom stereocenters. The predicted molar refractivity (Wildman–Crippen MR) is 76.6 cm³/mol. The van der Waals surface area contributed by atoms with E-state index in [1.807, 2.05) is 13.8 Å². The van der Waals surface area contributed by atoms with Crippen molar-refractivity contribution in [1.29, 1.82) is 0 Å². The Bertz CT molecular complexity index is 244. The molecule has 0 heterocycles. The summed E-state index contributed by atoms with van der Waals surface area (Å²) in [5.74, 6) is 1.57. The van der Waals surface area contributed by atoms with E-state index in [9.17, 15) is 9.59 Å². The minimum absolute atomic E-state index is 0.132. The number of hydrogen-bond donors (Lipinski definition) is 0. The van der Waals surface area contributed by atoms with Gasteiger partial charge in [0, 0.05) is 24.3 Å². The van der Waals surface area contributed by atoms with E-state index >= 15 is 0 Å². The SMILES string of the molecule is CCC(=O)OCCSSCCOC(=O)CC(C)C. The molecule has 0 fully saturated rings. The van der Waals surface area contributed by atoms with Gasteiger partial charge in [-0.1, -0.05) is 42.4 Å². The maximum Gasteiger partial charge on any atom is 0.306 e. The molecule has 0 aromatic carbocycles. The van der Waals surface area contributed by atoms with Crippen molar-refractivity contribution < 1.29 is 19.1 Å². The highest BCUT2D eigenvalue weighted by Gasteiger charge is 2.05. The fraction of sp³-hybridized carbons (Fsp3) is 0.833. The van der Waals surface area contributed by atoms with Crippen LogP contribution >= 0.6 is 21.6 Å². The molecule has 0 saturated carbocycles. The molecule has 18 heavy (non-hydrogen) atoms. The number of hydrogen-bond acceptors (Lipinski definition) is 6. The van der Waals surface area contributed by atoms with Gasteiger partial charge in [0.1, 0.15) is 13.2 Å². The molecule has 0 amide bonds. The first kappa shape index (κ1) is 17.6. The normalized spacial score (nSPS) is 10.4.